The van der Waals surface area contributed by atoms with E-state index in [-0.39, 0.29) is 10.8 Å². The molecule has 0 saturated carbocycles. The zero-order chi connectivity index (χ0) is 14.8. The van der Waals surface area contributed by atoms with Gasteiger partial charge in [-0.05, 0) is 30.3 Å². The van der Waals surface area contributed by atoms with Gasteiger partial charge >= 0.3 is 5.97 Å². The molecule has 0 fully saturated rings. The minimum atomic E-state index is -1.01. The van der Waals surface area contributed by atoms with Crippen molar-refractivity contribution >= 4 is 39.2 Å². The van der Waals surface area contributed by atoms with Gasteiger partial charge < -0.3 is 10.4 Å². The van der Waals surface area contributed by atoms with Crippen molar-refractivity contribution in [1.29, 1.82) is 0 Å². The Kier molecular flexibility index (Phi) is 3.33. The molecule has 3 aromatic rings. The number of nitrogens with one attached hydrogen (secondary N) is 1. The summed E-state index contributed by atoms with van der Waals surface area (Å²) in [5.74, 6) is -1.33. The van der Waals surface area contributed by atoms with Gasteiger partial charge in [0.15, 0.2) is 0 Å². The van der Waals surface area contributed by atoms with Crippen LogP contribution < -0.4 is 5.32 Å². The van der Waals surface area contributed by atoms with Gasteiger partial charge in [0.25, 0.3) is 5.91 Å². The molecule has 0 aliphatic rings. The summed E-state index contributed by atoms with van der Waals surface area (Å²) < 4.78 is 0. The molecule has 0 unspecified atom stereocenters. The monoisotopic (exact) mass is 299 g/mol. The second-order valence-corrected chi connectivity index (χ2v) is 5.27. The van der Waals surface area contributed by atoms with Crippen molar-refractivity contribution in [3.05, 3.63) is 53.2 Å². The third kappa shape index (κ3) is 2.72. The summed E-state index contributed by atoms with van der Waals surface area (Å²) >= 11 is 1.01. The molecular weight excluding hydrogens is 290 g/mol. The van der Waals surface area contributed by atoms with Crippen molar-refractivity contribution in [3.8, 4) is 0 Å². The highest BCUT2D eigenvalue weighted by Gasteiger charge is 2.11. The van der Waals surface area contributed by atoms with Gasteiger partial charge in [0.1, 0.15) is 4.88 Å². The number of hydrogen-bond donors (Lipinski definition) is 2. The van der Waals surface area contributed by atoms with Gasteiger partial charge in [-0.1, -0.05) is 0 Å². The Labute approximate surface area is 123 Å². The number of carbonyl (C=O) groups excluding carboxylic acids is 1. The lowest BCUT2D eigenvalue weighted by molar-refractivity contribution is 0.0702. The van der Waals surface area contributed by atoms with Gasteiger partial charge in [0.05, 0.1) is 16.0 Å². The van der Waals surface area contributed by atoms with E-state index < -0.39 is 5.97 Å². The molecule has 21 heavy (non-hydrogen) atoms. The Bertz CT molecular complexity index is 844. The summed E-state index contributed by atoms with van der Waals surface area (Å²) in [6.07, 6.45) is 3.14. The van der Waals surface area contributed by atoms with Crippen LogP contribution in [0.15, 0.2) is 42.7 Å². The fourth-order valence-corrected chi connectivity index (χ4v) is 2.55. The van der Waals surface area contributed by atoms with Gasteiger partial charge in [-0.2, -0.15) is 0 Å². The predicted octanol–water partition coefficient (Wildman–Crippen LogP) is 2.64. The highest BCUT2D eigenvalue weighted by Crippen LogP contribution is 2.22. The smallest absolute Gasteiger partial charge is 0.345 e. The lowest BCUT2D eigenvalue weighted by Gasteiger charge is -2.03. The van der Waals surface area contributed by atoms with Crippen molar-refractivity contribution in [2.75, 3.05) is 5.32 Å². The van der Waals surface area contributed by atoms with E-state index >= 15 is 0 Å². The Morgan fingerprint density at radius 1 is 1.05 bits per heavy atom. The minimum Gasteiger partial charge on any atom is -0.477 e. The van der Waals surface area contributed by atoms with Crippen LogP contribution in [0.1, 0.15) is 20.0 Å². The average molecular weight is 299 g/mol. The first-order valence-electron chi connectivity index (χ1n) is 5.99. The lowest BCUT2D eigenvalue weighted by atomic mass is 10.2. The predicted molar refractivity (Wildman–Crippen MR) is 78.8 cm³/mol. The van der Waals surface area contributed by atoms with Crippen LogP contribution in [-0.2, 0) is 0 Å². The zero-order valence-electron chi connectivity index (χ0n) is 10.6. The first-order valence-corrected chi connectivity index (χ1v) is 6.80. The first-order chi connectivity index (χ1) is 10.1. The van der Waals surface area contributed by atoms with Gasteiger partial charge in [0, 0.05) is 18.0 Å². The van der Waals surface area contributed by atoms with Gasteiger partial charge in [-0.25, -0.2) is 4.79 Å². The number of aromatic nitrogens is 2. The third-order valence-corrected chi connectivity index (χ3v) is 3.77. The van der Waals surface area contributed by atoms with Crippen molar-refractivity contribution < 1.29 is 14.7 Å². The quantitative estimate of drug-likeness (QED) is 0.775. The standard InChI is InChI=1S/C14H9N3O3S/c18-13(17-12-4-3-11(21-12)14(19)20)8-1-2-9-10(7-8)16-6-5-15-9/h1-7H,(H,17,18)(H,19,20). The number of carboxylic acids is 1. The highest BCUT2D eigenvalue weighted by atomic mass is 32.1. The van der Waals surface area contributed by atoms with E-state index in [1.807, 2.05) is 0 Å². The van der Waals surface area contributed by atoms with E-state index in [1.54, 1.807) is 36.7 Å². The molecule has 7 heteroatoms. The Morgan fingerprint density at radius 2 is 1.81 bits per heavy atom. The molecule has 1 aromatic carbocycles. The summed E-state index contributed by atoms with van der Waals surface area (Å²) in [7, 11) is 0. The van der Waals surface area contributed by atoms with Crippen molar-refractivity contribution in [1.82, 2.24) is 9.97 Å². The molecular formula is C14H9N3O3S. The number of nitrogens with zero attached hydrogens (tertiary/aromatic N) is 2. The fourth-order valence-electron chi connectivity index (χ4n) is 1.81. The summed E-state index contributed by atoms with van der Waals surface area (Å²) in [5, 5.41) is 12.0. The van der Waals surface area contributed by atoms with Crippen LogP contribution in [0, 0.1) is 0 Å². The summed E-state index contributed by atoms with van der Waals surface area (Å²) in [6, 6.07) is 8.02. The van der Waals surface area contributed by atoms with Crippen molar-refractivity contribution in [2.45, 2.75) is 0 Å². The SMILES string of the molecule is O=C(Nc1ccc(C(=O)O)s1)c1ccc2nccnc2c1. The van der Waals surface area contributed by atoms with Crippen LogP contribution in [0.2, 0.25) is 0 Å². The van der Waals surface area contributed by atoms with Gasteiger partial charge in [0.2, 0.25) is 0 Å². The van der Waals surface area contributed by atoms with Crippen molar-refractivity contribution in [2.24, 2.45) is 0 Å². The number of anilines is 1. The molecule has 2 heterocycles. The maximum atomic E-state index is 12.1. The number of fused-ring (bicyclic) bond motifs is 1. The van der Waals surface area contributed by atoms with Crippen molar-refractivity contribution in [3.63, 3.8) is 0 Å². The normalized spacial score (nSPS) is 10.5. The fraction of sp³-hybridized carbons (Fsp3) is 0. The molecule has 104 valence electrons. The molecule has 1 amide bonds. The van der Waals surface area contributed by atoms with E-state index in [1.165, 1.54) is 6.07 Å². The molecule has 0 spiro atoms. The molecule has 6 nitrogen and oxygen atoms in total. The number of carbonyl (C=O) groups is 2. The van der Waals surface area contributed by atoms with Crippen LogP contribution in [-0.4, -0.2) is 27.0 Å². The molecule has 0 radical (unpaired) electrons. The maximum Gasteiger partial charge on any atom is 0.345 e. The maximum absolute atomic E-state index is 12.1. The van der Waals surface area contributed by atoms with Crippen LogP contribution >= 0.6 is 11.3 Å². The third-order valence-electron chi connectivity index (χ3n) is 2.79. The molecule has 0 saturated heterocycles. The number of carboxylic acid groups (broad SMARTS) is 1. The van der Waals surface area contributed by atoms with Crippen LogP contribution in [0.5, 0.6) is 0 Å². The van der Waals surface area contributed by atoms with Gasteiger partial charge in [-0.3, -0.25) is 14.8 Å². The Hall–Kier alpha value is -2.80. The molecule has 0 aliphatic heterocycles. The number of amides is 1. The van der Waals surface area contributed by atoms with E-state index in [9.17, 15) is 9.59 Å². The largest absolute Gasteiger partial charge is 0.477 e. The van der Waals surface area contributed by atoms with Crippen LogP contribution in [0.4, 0.5) is 5.00 Å². The van der Waals surface area contributed by atoms with Gasteiger partial charge in [-0.15, -0.1) is 11.3 Å². The van der Waals surface area contributed by atoms with E-state index in [4.69, 9.17) is 5.11 Å². The number of thiophene rings is 1. The second kappa shape index (κ2) is 5.29. The number of hydrogen-bond acceptors (Lipinski definition) is 5. The van der Waals surface area contributed by atoms with Crippen LogP contribution in [0.25, 0.3) is 11.0 Å². The molecule has 0 bridgehead atoms. The summed E-state index contributed by atoms with van der Waals surface area (Å²) in [4.78, 5) is 31.4. The van der Waals surface area contributed by atoms with E-state index in [2.05, 4.69) is 15.3 Å². The molecule has 2 N–H and O–H groups in total. The molecule has 2 aromatic heterocycles. The highest BCUT2D eigenvalue weighted by molar-refractivity contribution is 7.18. The minimum absolute atomic E-state index is 0.176. The lowest BCUT2D eigenvalue weighted by Crippen LogP contribution is -2.10. The number of aromatic carboxylic acids is 1. The zero-order valence-corrected chi connectivity index (χ0v) is 11.4. The topological polar surface area (TPSA) is 92.2 Å². The molecule has 3 rings (SSSR count). The summed E-state index contributed by atoms with van der Waals surface area (Å²) in [6.45, 7) is 0. The Morgan fingerprint density at radius 3 is 2.52 bits per heavy atom. The molecule has 0 aliphatic carbocycles. The van der Waals surface area contributed by atoms with E-state index in [0.29, 0.717) is 21.6 Å². The second-order valence-electron chi connectivity index (χ2n) is 4.18. The van der Waals surface area contributed by atoms with Crippen LogP contribution in [0.3, 0.4) is 0 Å². The average Bonchev–Trinajstić information content (AvgIpc) is 2.95. The molecule has 0 atom stereocenters. The summed E-state index contributed by atoms with van der Waals surface area (Å²) in [5.41, 5.74) is 1.77. The number of benzene rings is 1. The Balaban J connectivity index is 1.84. The first kappa shape index (κ1) is 13.2. The van der Waals surface area contributed by atoms with E-state index in [0.717, 1.165) is 11.3 Å². The number of rotatable bonds is 3.